The fourth-order valence-corrected chi connectivity index (χ4v) is 2.12. The number of nitrogens with two attached hydrogens (primary N) is 1. The number of aryl methyl sites for hydroxylation is 1. The zero-order valence-corrected chi connectivity index (χ0v) is 13.0. The van der Waals surface area contributed by atoms with Crippen LogP contribution in [0.5, 0.6) is 0 Å². The zero-order chi connectivity index (χ0) is 15.2. The molecule has 0 atom stereocenters. The van der Waals surface area contributed by atoms with Crippen LogP contribution in [0.4, 0.5) is 5.69 Å². The number of benzene rings is 1. The van der Waals surface area contributed by atoms with Crippen LogP contribution in [0.2, 0.25) is 0 Å². The van der Waals surface area contributed by atoms with Crippen molar-refractivity contribution in [1.29, 1.82) is 0 Å². The number of rotatable bonds is 7. The largest absolute Gasteiger partial charge is 0.409 e. The maximum absolute atomic E-state index is 8.73. The molecule has 112 valence electrons. The van der Waals surface area contributed by atoms with Crippen LogP contribution in [0, 0.1) is 19.3 Å². The smallest absolute Gasteiger partial charge is 0.144 e. The summed E-state index contributed by atoms with van der Waals surface area (Å²) in [5, 5.41) is 15.3. The molecule has 0 fully saturated rings. The molecular weight excluding hydrogens is 250 g/mol. The van der Waals surface area contributed by atoms with Crippen molar-refractivity contribution in [3.8, 4) is 0 Å². The van der Waals surface area contributed by atoms with Gasteiger partial charge in [-0.1, -0.05) is 37.6 Å². The van der Waals surface area contributed by atoms with Gasteiger partial charge in [0.2, 0.25) is 0 Å². The molecule has 0 aliphatic heterocycles. The van der Waals surface area contributed by atoms with Gasteiger partial charge in [0.25, 0.3) is 0 Å². The molecule has 0 amide bonds. The van der Waals surface area contributed by atoms with E-state index >= 15 is 0 Å². The molecule has 0 saturated heterocycles. The predicted molar refractivity (Wildman–Crippen MR) is 85.4 cm³/mol. The minimum absolute atomic E-state index is 0.242. The lowest BCUT2D eigenvalue weighted by Gasteiger charge is -2.22. The molecule has 0 unspecified atom stereocenters. The first-order chi connectivity index (χ1) is 9.38. The molecule has 4 nitrogen and oxygen atoms in total. The fraction of sp³-hybridized carbons (Fsp3) is 0.562. The molecule has 0 spiro atoms. The highest BCUT2D eigenvalue weighted by Gasteiger charge is 2.22. The molecule has 0 heterocycles. The second-order valence-electron chi connectivity index (χ2n) is 6.00. The zero-order valence-electron chi connectivity index (χ0n) is 13.0. The third-order valence-electron chi connectivity index (χ3n) is 3.95. The Morgan fingerprint density at radius 3 is 2.65 bits per heavy atom. The molecule has 1 aromatic rings. The monoisotopic (exact) mass is 277 g/mol. The predicted octanol–water partition coefficient (Wildman–Crippen LogP) is 3.66. The van der Waals surface area contributed by atoms with E-state index in [4.69, 9.17) is 10.9 Å². The third-order valence-corrected chi connectivity index (χ3v) is 3.95. The van der Waals surface area contributed by atoms with Crippen LogP contribution in [0.1, 0.15) is 44.2 Å². The topological polar surface area (TPSA) is 70.6 Å². The number of amidine groups is 1. The van der Waals surface area contributed by atoms with Crippen molar-refractivity contribution < 1.29 is 5.21 Å². The van der Waals surface area contributed by atoms with Crippen molar-refractivity contribution in [1.82, 2.24) is 0 Å². The van der Waals surface area contributed by atoms with Gasteiger partial charge in [0, 0.05) is 17.6 Å². The van der Waals surface area contributed by atoms with Crippen LogP contribution in [-0.4, -0.2) is 17.6 Å². The fourth-order valence-electron chi connectivity index (χ4n) is 2.12. The molecular formula is C16H27N3O. The number of anilines is 1. The van der Waals surface area contributed by atoms with Gasteiger partial charge in [0.1, 0.15) is 5.84 Å². The number of unbranched alkanes of at least 4 members (excludes halogenated alkanes) is 1. The van der Waals surface area contributed by atoms with Crippen molar-refractivity contribution in [3.63, 3.8) is 0 Å². The Labute approximate surface area is 122 Å². The second kappa shape index (κ2) is 7.17. The lowest BCUT2D eigenvalue weighted by atomic mass is 9.86. The Hall–Kier alpha value is -1.71. The van der Waals surface area contributed by atoms with Gasteiger partial charge >= 0.3 is 0 Å². The first-order valence-corrected chi connectivity index (χ1v) is 7.16. The first-order valence-electron chi connectivity index (χ1n) is 7.16. The number of oxime groups is 1. The van der Waals surface area contributed by atoms with Crippen molar-refractivity contribution in [2.75, 3.05) is 11.9 Å². The standard InChI is InChI=1S/C16H27N3O/c1-12-8-7-9-14(13(12)2)18-11-6-5-10-16(3,4)15(17)19-20/h7-9,18,20H,5-6,10-11H2,1-4H3,(H2,17,19). The Kier molecular flexibility index (Phi) is 5.86. The van der Waals surface area contributed by atoms with Crippen LogP contribution in [0.3, 0.4) is 0 Å². The molecule has 1 rings (SSSR count). The molecule has 4 N–H and O–H groups in total. The summed E-state index contributed by atoms with van der Waals surface area (Å²) in [5.74, 6) is 0.306. The molecule has 0 saturated carbocycles. The van der Waals surface area contributed by atoms with Gasteiger partial charge in [-0.3, -0.25) is 0 Å². The minimum atomic E-state index is -0.242. The quantitative estimate of drug-likeness (QED) is 0.234. The summed E-state index contributed by atoms with van der Waals surface area (Å²) >= 11 is 0. The maximum Gasteiger partial charge on any atom is 0.144 e. The van der Waals surface area contributed by atoms with Crippen molar-refractivity contribution in [3.05, 3.63) is 29.3 Å². The summed E-state index contributed by atoms with van der Waals surface area (Å²) < 4.78 is 0. The lowest BCUT2D eigenvalue weighted by Crippen LogP contribution is -2.31. The van der Waals surface area contributed by atoms with E-state index in [1.165, 1.54) is 16.8 Å². The van der Waals surface area contributed by atoms with Gasteiger partial charge in [-0.25, -0.2) is 0 Å². The van der Waals surface area contributed by atoms with Crippen LogP contribution >= 0.6 is 0 Å². The van der Waals surface area contributed by atoms with E-state index in [1.807, 2.05) is 13.8 Å². The SMILES string of the molecule is Cc1cccc(NCCCCC(C)(C)/C(N)=N/O)c1C. The highest BCUT2D eigenvalue weighted by molar-refractivity contribution is 5.85. The van der Waals surface area contributed by atoms with Crippen LogP contribution in [-0.2, 0) is 0 Å². The van der Waals surface area contributed by atoms with Crippen LogP contribution in [0.15, 0.2) is 23.4 Å². The van der Waals surface area contributed by atoms with Gasteiger partial charge in [0.15, 0.2) is 0 Å². The molecule has 0 aromatic heterocycles. The molecule has 0 bridgehead atoms. The number of hydrogen-bond donors (Lipinski definition) is 3. The lowest BCUT2D eigenvalue weighted by molar-refractivity contribution is 0.304. The minimum Gasteiger partial charge on any atom is -0.409 e. The van der Waals surface area contributed by atoms with Crippen molar-refractivity contribution >= 4 is 11.5 Å². The Bertz CT molecular complexity index is 467. The third kappa shape index (κ3) is 4.44. The van der Waals surface area contributed by atoms with E-state index in [1.54, 1.807) is 0 Å². The number of nitrogens with zero attached hydrogens (tertiary/aromatic N) is 1. The van der Waals surface area contributed by atoms with Gasteiger partial charge in [-0.2, -0.15) is 0 Å². The van der Waals surface area contributed by atoms with Crippen molar-refractivity contribution in [2.45, 2.75) is 47.0 Å². The summed E-state index contributed by atoms with van der Waals surface area (Å²) in [6, 6.07) is 6.31. The van der Waals surface area contributed by atoms with Crippen molar-refractivity contribution in [2.24, 2.45) is 16.3 Å². The average molecular weight is 277 g/mol. The Balaban J connectivity index is 2.34. The van der Waals surface area contributed by atoms with Gasteiger partial charge in [-0.05, 0) is 43.9 Å². The average Bonchev–Trinajstić information content (AvgIpc) is 2.41. The van der Waals surface area contributed by atoms with Crippen LogP contribution < -0.4 is 11.1 Å². The summed E-state index contributed by atoms with van der Waals surface area (Å²) in [7, 11) is 0. The second-order valence-corrected chi connectivity index (χ2v) is 6.00. The Morgan fingerprint density at radius 2 is 2.00 bits per heavy atom. The molecule has 1 aromatic carbocycles. The summed E-state index contributed by atoms with van der Waals surface area (Å²) in [6.07, 6.45) is 3.02. The maximum atomic E-state index is 8.73. The van der Waals surface area contributed by atoms with E-state index in [2.05, 4.69) is 42.5 Å². The summed E-state index contributed by atoms with van der Waals surface area (Å²) in [5.41, 5.74) is 9.26. The van der Waals surface area contributed by atoms with E-state index in [0.29, 0.717) is 5.84 Å². The Morgan fingerprint density at radius 1 is 1.30 bits per heavy atom. The first kappa shape index (κ1) is 16.3. The highest BCUT2D eigenvalue weighted by atomic mass is 16.4. The number of hydrogen-bond acceptors (Lipinski definition) is 3. The number of nitrogens with one attached hydrogen (secondary N) is 1. The van der Waals surface area contributed by atoms with Gasteiger partial charge < -0.3 is 16.3 Å². The van der Waals surface area contributed by atoms with E-state index < -0.39 is 0 Å². The van der Waals surface area contributed by atoms with E-state index in [9.17, 15) is 0 Å². The molecule has 0 aliphatic rings. The highest BCUT2D eigenvalue weighted by Crippen LogP contribution is 2.23. The van der Waals surface area contributed by atoms with Crippen LogP contribution in [0.25, 0.3) is 0 Å². The normalized spacial score (nSPS) is 12.5. The van der Waals surface area contributed by atoms with E-state index in [-0.39, 0.29) is 5.41 Å². The van der Waals surface area contributed by atoms with E-state index in [0.717, 1.165) is 25.8 Å². The molecule has 4 heteroatoms. The summed E-state index contributed by atoms with van der Waals surface area (Å²) in [6.45, 7) is 9.20. The molecule has 0 aliphatic carbocycles. The van der Waals surface area contributed by atoms with Gasteiger partial charge in [-0.15, -0.1) is 0 Å². The van der Waals surface area contributed by atoms with Gasteiger partial charge in [0.05, 0.1) is 0 Å². The summed E-state index contributed by atoms with van der Waals surface area (Å²) in [4.78, 5) is 0. The molecule has 0 radical (unpaired) electrons. The molecule has 20 heavy (non-hydrogen) atoms.